The van der Waals surface area contributed by atoms with Crippen molar-refractivity contribution in [1.82, 2.24) is 10.3 Å². The van der Waals surface area contributed by atoms with Gasteiger partial charge in [0.25, 0.3) is 0 Å². The largest absolute Gasteiger partial charge is 0.311 e. The van der Waals surface area contributed by atoms with Crippen molar-refractivity contribution in [2.45, 2.75) is 27.3 Å². The average molecular weight is 246 g/mol. The summed E-state index contributed by atoms with van der Waals surface area (Å²) in [5.74, 6) is 0. The molecule has 0 aliphatic carbocycles. The Kier molecular flexibility index (Phi) is 3.92. The van der Waals surface area contributed by atoms with E-state index in [1.54, 1.807) is 11.3 Å². The van der Waals surface area contributed by atoms with Crippen LogP contribution >= 0.6 is 11.3 Å². The van der Waals surface area contributed by atoms with E-state index in [0.29, 0.717) is 0 Å². The number of thiazole rings is 1. The Labute approximate surface area is 107 Å². The highest BCUT2D eigenvalue weighted by atomic mass is 32.1. The third kappa shape index (κ3) is 2.93. The van der Waals surface area contributed by atoms with Crippen LogP contribution in [0.5, 0.6) is 0 Å². The molecule has 0 aliphatic rings. The highest BCUT2D eigenvalue weighted by Crippen LogP contribution is 2.23. The van der Waals surface area contributed by atoms with Crippen molar-refractivity contribution >= 4 is 11.3 Å². The van der Waals surface area contributed by atoms with E-state index in [4.69, 9.17) is 0 Å². The van der Waals surface area contributed by atoms with Gasteiger partial charge < -0.3 is 5.32 Å². The fourth-order valence-electron chi connectivity index (χ4n) is 1.66. The van der Waals surface area contributed by atoms with Crippen LogP contribution in [-0.4, -0.2) is 11.5 Å². The molecule has 90 valence electrons. The summed E-state index contributed by atoms with van der Waals surface area (Å²) in [7, 11) is 0. The van der Waals surface area contributed by atoms with E-state index in [1.165, 1.54) is 16.7 Å². The Hall–Kier alpha value is -1.19. The minimum atomic E-state index is 0.867. The molecule has 1 aromatic heterocycles. The summed E-state index contributed by atoms with van der Waals surface area (Å²) >= 11 is 1.72. The molecule has 2 aromatic rings. The van der Waals surface area contributed by atoms with Crippen molar-refractivity contribution in [1.29, 1.82) is 0 Å². The Bertz CT molecular complexity index is 503. The van der Waals surface area contributed by atoms with Crippen molar-refractivity contribution in [2.24, 2.45) is 0 Å². The topological polar surface area (TPSA) is 24.9 Å². The predicted octanol–water partition coefficient (Wildman–Crippen LogP) is 3.54. The van der Waals surface area contributed by atoms with Crippen LogP contribution in [0.15, 0.2) is 23.6 Å². The molecule has 1 heterocycles. The molecule has 0 saturated carbocycles. The van der Waals surface area contributed by atoms with Gasteiger partial charge in [0, 0.05) is 17.5 Å². The van der Waals surface area contributed by atoms with Gasteiger partial charge in [-0.2, -0.15) is 0 Å². The molecule has 3 heteroatoms. The second-order valence-electron chi connectivity index (χ2n) is 4.21. The number of rotatable bonds is 4. The molecule has 1 N–H and O–H groups in total. The van der Waals surface area contributed by atoms with E-state index in [2.05, 4.69) is 54.7 Å². The molecule has 0 saturated heterocycles. The monoisotopic (exact) mass is 246 g/mol. The van der Waals surface area contributed by atoms with Gasteiger partial charge in [-0.3, -0.25) is 0 Å². The maximum Gasteiger partial charge on any atom is 0.107 e. The molecule has 1 aromatic carbocycles. The number of hydrogen-bond donors (Lipinski definition) is 1. The molecule has 17 heavy (non-hydrogen) atoms. The number of nitrogens with one attached hydrogen (secondary N) is 1. The predicted molar refractivity (Wildman–Crippen MR) is 74.4 cm³/mol. The first kappa shape index (κ1) is 12.3. The summed E-state index contributed by atoms with van der Waals surface area (Å²) in [5, 5.41) is 6.59. The van der Waals surface area contributed by atoms with Crippen LogP contribution in [0.25, 0.3) is 11.3 Å². The van der Waals surface area contributed by atoms with Crippen molar-refractivity contribution < 1.29 is 0 Å². The van der Waals surface area contributed by atoms with Crippen molar-refractivity contribution in [3.8, 4) is 11.3 Å². The first-order valence-corrected chi connectivity index (χ1v) is 6.81. The number of hydrogen-bond acceptors (Lipinski definition) is 3. The number of benzene rings is 1. The fraction of sp³-hybridized carbons (Fsp3) is 0.357. The minimum Gasteiger partial charge on any atom is -0.311 e. The first-order valence-electron chi connectivity index (χ1n) is 5.93. The van der Waals surface area contributed by atoms with E-state index in [-0.39, 0.29) is 0 Å². The van der Waals surface area contributed by atoms with Gasteiger partial charge >= 0.3 is 0 Å². The highest BCUT2D eigenvalue weighted by molar-refractivity contribution is 7.09. The smallest absolute Gasteiger partial charge is 0.107 e. The van der Waals surface area contributed by atoms with Crippen LogP contribution in [0.1, 0.15) is 23.1 Å². The summed E-state index contributed by atoms with van der Waals surface area (Å²) in [6.45, 7) is 8.24. The summed E-state index contributed by atoms with van der Waals surface area (Å²) in [4.78, 5) is 4.64. The van der Waals surface area contributed by atoms with E-state index in [1.807, 2.05) is 0 Å². The van der Waals surface area contributed by atoms with Gasteiger partial charge in [0.1, 0.15) is 5.01 Å². The molecular weight excluding hydrogens is 228 g/mol. The molecule has 0 unspecified atom stereocenters. The van der Waals surface area contributed by atoms with Crippen LogP contribution in [0.4, 0.5) is 0 Å². The van der Waals surface area contributed by atoms with Crippen LogP contribution in [0.2, 0.25) is 0 Å². The lowest BCUT2D eigenvalue weighted by atomic mass is 10.1. The fourth-order valence-corrected chi connectivity index (χ4v) is 2.43. The van der Waals surface area contributed by atoms with Crippen LogP contribution < -0.4 is 5.32 Å². The van der Waals surface area contributed by atoms with Crippen LogP contribution in [0.3, 0.4) is 0 Å². The maximum atomic E-state index is 4.64. The lowest BCUT2D eigenvalue weighted by Crippen LogP contribution is -2.11. The SMILES string of the molecule is CCNCc1nc(-c2ccc(C)c(C)c2)cs1. The van der Waals surface area contributed by atoms with E-state index in [0.717, 1.165) is 23.8 Å². The third-order valence-corrected chi connectivity index (χ3v) is 3.73. The van der Waals surface area contributed by atoms with Crippen molar-refractivity contribution in [3.63, 3.8) is 0 Å². The van der Waals surface area contributed by atoms with Gasteiger partial charge in [-0.05, 0) is 37.6 Å². The normalized spacial score (nSPS) is 10.8. The molecule has 0 spiro atoms. The quantitative estimate of drug-likeness (QED) is 0.892. The third-order valence-electron chi connectivity index (χ3n) is 2.88. The summed E-state index contributed by atoms with van der Waals surface area (Å²) < 4.78 is 0. The molecule has 0 fully saturated rings. The molecule has 2 rings (SSSR count). The Balaban J connectivity index is 2.21. The zero-order valence-electron chi connectivity index (χ0n) is 10.6. The van der Waals surface area contributed by atoms with E-state index in [9.17, 15) is 0 Å². The van der Waals surface area contributed by atoms with Gasteiger partial charge in [0.05, 0.1) is 5.69 Å². The Morgan fingerprint density at radius 1 is 1.24 bits per heavy atom. The Morgan fingerprint density at radius 3 is 2.76 bits per heavy atom. The lowest BCUT2D eigenvalue weighted by molar-refractivity contribution is 0.723. The van der Waals surface area contributed by atoms with Gasteiger partial charge in [0.15, 0.2) is 0 Å². The van der Waals surface area contributed by atoms with Crippen LogP contribution in [0, 0.1) is 13.8 Å². The van der Waals surface area contributed by atoms with E-state index < -0.39 is 0 Å². The lowest BCUT2D eigenvalue weighted by Gasteiger charge is -2.02. The number of aryl methyl sites for hydroxylation is 2. The van der Waals surface area contributed by atoms with Crippen molar-refractivity contribution in [2.75, 3.05) is 6.54 Å². The van der Waals surface area contributed by atoms with Gasteiger partial charge in [-0.1, -0.05) is 19.1 Å². The molecule has 0 bridgehead atoms. The zero-order valence-corrected chi connectivity index (χ0v) is 11.4. The standard InChI is InChI=1S/C14H18N2S/c1-4-15-8-14-16-13(9-17-14)12-6-5-10(2)11(3)7-12/h5-7,9,15H,4,8H2,1-3H3. The highest BCUT2D eigenvalue weighted by Gasteiger charge is 2.05. The molecule has 0 amide bonds. The Morgan fingerprint density at radius 2 is 2.06 bits per heavy atom. The summed E-state index contributed by atoms with van der Waals surface area (Å²) in [5.41, 5.74) is 4.96. The maximum absolute atomic E-state index is 4.64. The zero-order chi connectivity index (χ0) is 12.3. The molecular formula is C14H18N2S. The second-order valence-corrected chi connectivity index (χ2v) is 5.15. The number of nitrogens with zero attached hydrogens (tertiary/aromatic N) is 1. The molecule has 2 nitrogen and oxygen atoms in total. The first-order chi connectivity index (χ1) is 8.20. The minimum absolute atomic E-state index is 0.867. The molecule has 0 atom stereocenters. The van der Waals surface area contributed by atoms with Gasteiger partial charge in [-0.25, -0.2) is 4.98 Å². The van der Waals surface area contributed by atoms with Gasteiger partial charge in [-0.15, -0.1) is 11.3 Å². The van der Waals surface area contributed by atoms with E-state index >= 15 is 0 Å². The summed E-state index contributed by atoms with van der Waals surface area (Å²) in [6.07, 6.45) is 0. The van der Waals surface area contributed by atoms with Crippen LogP contribution in [-0.2, 0) is 6.54 Å². The summed E-state index contributed by atoms with van der Waals surface area (Å²) in [6, 6.07) is 6.52. The van der Waals surface area contributed by atoms with Crippen molar-refractivity contribution in [3.05, 3.63) is 39.7 Å². The van der Waals surface area contributed by atoms with Gasteiger partial charge in [0.2, 0.25) is 0 Å². The average Bonchev–Trinajstić information content (AvgIpc) is 2.79. The molecule has 0 radical (unpaired) electrons. The second kappa shape index (κ2) is 5.43. The molecule has 0 aliphatic heterocycles. The number of aromatic nitrogens is 1.